The summed E-state index contributed by atoms with van der Waals surface area (Å²) in [6.07, 6.45) is 0. The minimum atomic E-state index is 0.884. The van der Waals surface area contributed by atoms with E-state index in [1.807, 2.05) is 18.2 Å². The summed E-state index contributed by atoms with van der Waals surface area (Å²) in [4.78, 5) is 5.25. The first-order chi connectivity index (χ1) is 22.3. The van der Waals surface area contributed by atoms with E-state index in [1.54, 1.807) is 11.3 Å². The Hall–Kier alpha value is -5.71. The SMILES string of the molecule is c1ccc(-c2cc3sc(-c4ccc(-n5c6ccccc6c6ccc7ccccc7c65)cc4)nc3c3c2oc2ccccc23)cc1. The maximum absolute atomic E-state index is 6.48. The number of furan rings is 1. The average Bonchev–Trinajstić information content (AvgIpc) is 3.80. The molecular weight excluding hydrogens is 569 g/mol. The van der Waals surface area contributed by atoms with E-state index in [4.69, 9.17) is 9.40 Å². The van der Waals surface area contributed by atoms with Crippen molar-refractivity contribution in [1.29, 1.82) is 0 Å². The highest BCUT2D eigenvalue weighted by molar-refractivity contribution is 7.21. The van der Waals surface area contributed by atoms with Crippen molar-refractivity contribution < 1.29 is 4.42 Å². The number of hydrogen-bond acceptors (Lipinski definition) is 3. The fraction of sp³-hybridized carbons (Fsp3) is 0. The molecule has 10 rings (SSSR count). The zero-order chi connectivity index (χ0) is 29.5. The van der Waals surface area contributed by atoms with Crippen LogP contribution in [-0.2, 0) is 0 Å². The van der Waals surface area contributed by atoms with E-state index in [9.17, 15) is 0 Å². The van der Waals surface area contributed by atoms with E-state index >= 15 is 0 Å². The van der Waals surface area contributed by atoms with Crippen molar-refractivity contribution in [1.82, 2.24) is 9.55 Å². The van der Waals surface area contributed by atoms with Crippen molar-refractivity contribution in [3.05, 3.63) is 146 Å². The molecule has 0 aliphatic rings. The summed E-state index contributed by atoms with van der Waals surface area (Å²) >= 11 is 1.74. The van der Waals surface area contributed by atoms with E-state index < -0.39 is 0 Å². The van der Waals surface area contributed by atoms with Gasteiger partial charge in [0.15, 0.2) is 0 Å². The second-order valence-electron chi connectivity index (χ2n) is 11.5. The first kappa shape index (κ1) is 24.7. The Bertz CT molecular complexity index is 2750. The topological polar surface area (TPSA) is 31.0 Å². The Morgan fingerprint density at radius 3 is 2.18 bits per heavy atom. The summed E-state index contributed by atoms with van der Waals surface area (Å²) in [5, 5.41) is 8.21. The smallest absolute Gasteiger partial charge is 0.145 e. The van der Waals surface area contributed by atoms with Crippen molar-refractivity contribution in [2.75, 3.05) is 0 Å². The van der Waals surface area contributed by atoms with Crippen molar-refractivity contribution in [3.8, 4) is 27.4 Å². The van der Waals surface area contributed by atoms with Crippen molar-refractivity contribution in [2.45, 2.75) is 0 Å². The summed E-state index contributed by atoms with van der Waals surface area (Å²) < 4.78 is 10.0. The summed E-state index contributed by atoms with van der Waals surface area (Å²) in [5.41, 5.74) is 9.69. The van der Waals surface area contributed by atoms with Crippen LogP contribution in [0.15, 0.2) is 150 Å². The normalized spacial score (nSPS) is 12.0. The van der Waals surface area contributed by atoms with Gasteiger partial charge in [0.2, 0.25) is 0 Å². The Balaban J connectivity index is 1.17. The molecule has 0 saturated heterocycles. The van der Waals surface area contributed by atoms with Crippen LogP contribution in [0.4, 0.5) is 0 Å². The van der Waals surface area contributed by atoms with E-state index in [0.29, 0.717) is 0 Å². The second-order valence-corrected chi connectivity index (χ2v) is 12.6. The van der Waals surface area contributed by atoms with Crippen molar-refractivity contribution in [2.24, 2.45) is 0 Å². The Morgan fingerprint density at radius 2 is 1.31 bits per heavy atom. The molecule has 3 heterocycles. The second kappa shape index (κ2) is 9.39. The Morgan fingerprint density at radius 1 is 0.578 bits per heavy atom. The van der Waals surface area contributed by atoms with Gasteiger partial charge in [-0.15, -0.1) is 11.3 Å². The molecule has 0 amide bonds. The maximum atomic E-state index is 6.48. The quantitative estimate of drug-likeness (QED) is 0.204. The van der Waals surface area contributed by atoms with Gasteiger partial charge in [-0.05, 0) is 53.4 Å². The number of para-hydroxylation sites is 2. The lowest BCUT2D eigenvalue weighted by atomic mass is 10.0. The van der Waals surface area contributed by atoms with Crippen LogP contribution in [0, 0.1) is 0 Å². The van der Waals surface area contributed by atoms with E-state index in [0.717, 1.165) is 59.5 Å². The van der Waals surface area contributed by atoms with E-state index in [1.165, 1.54) is 32.6 Å². The largest absolute Gasteiger partial charge is 0.455 e. The molecule has 0 atom stereocenters. The fourth-order valence-electron chi connectivity index (χ4n) is 6.98. The molecule has 0 aliphatic carbocycles. The number of aromatic nitrogens is 2. The monoisotopic (exact) mass is 592 g/mol. The Labute approximate surface area is 262 Å². The first-order valence-corrected chi connectivity index (χ1v) is 16.0. The maximum Gasteiger partial charge on any atom is 0.145 e. The molecule has 45 heavy (non-hydrogen) atoms. The number of benzene rings is 7. The van der Waals surface area contributed by atoms with Gasteiger partial charge < -0.3 is 8.98 Å². The van der Waals surface area contributed by atoms with Gasteiger partial charge in [0, 0.05) is 38.4 Å². The lowest BCUT2D eigenvalue weighted by molar-refractivity contribution is 0.670. The number of fused-ring (bicyclic) bond motifs is 10. The van der Waals surface area contributed by atoms with Gasteiger partial charge >= 0.3 is 0 Å². The highest BCUT2D eigenvalue weighted by atomic mass is 32.1. The standard InChI is InChI=1S/C41H24N2OS/c1-2-10-25(11-3-1)33-24-36-38(37-32-15-7-9-17-35(32)44-40(33)37)42-41(45-36)27-18-21-28(22-19-27)43-34-16-8-6-14-30(34)31-23-20-26-12-4-5-13-29(26)39(31)43/h1-24H. The molecule has 0 spiro atoms. The van der Waals surface area contributed by atoms with Crippen LogP contribution in [0.25, 0.3) is 92.1 Å². The lowest BCUT2D eigenvalue weighted by Gasteiger charge is -2.10. The zero-order valence-corrected chi connectivity index (χ0v) is 24.9. The number of thiazole rings is 1. The van der Waals surface area contributed by atoms with E-state index in [-0.39, 0.29) is 0 Å². The minimum Gasteiger partial charge on any atom is -0.455 e. The van der Waals surface area contributed by atoms with Crippen LogP contribution >= 0.6 is 11.3 Å². The molecule has 0 unspecified atom stereocenters. The van der Waals surface area contributed by atoms with Gasteiger partial charge in [-0.1, -0.05) is 103 Å². The van der Waals surface area contributed by atoms with Gasteiger partial charge in [0.1, 0.15) is 16.2 Å². The van der Waals surface area contributed by atoms with E-state index in [2.05, 4.69) is 132 Å². The summed E-state index contributed by atoms with van der Waals surface area (Å²) in [5.74, 6) is 0. The molecule has 3 nitrogen and oxygen atoms in total. The summed E-state index contributed by atoms with van der Waals surface area (Å²) in [7, 11) is 0. The third-order valence-corrected chi connectivity index (χ3v) is 10.1. The Kier molecular flexibility index (Phi) is 5.16. The third-order valence-electron chi connectivity index (χ3n) is 9.02. The van der Waals surface area contributed by atoms with Crippen LogP contribution in [-0.4, -0.2) is 9.55 Å². The lowest BCUT2D eigenvalue weighted by Crippen LogP contribution is -1.94. The van der Waals surface area contributed by atoms with Crippen molar-refractivity contribution >= 4 is 76.1 Å². The van der Waals surface area contributed by atoms with Crippen LogP contribution < -0.4 is 0 Å². The van der Waals surface area contributed by atoms with Gasteiger partial charge in [-0.25, -0.2) is 4.98 Å². The molecule has 210 valence electrons. The van der Waals surface area contributed by atoms with Crippen LogP contribution in [0.1, 0.15) is 0 Å². The first-order valence-electron chi connectivity index (χ1n) is 15.1. The molecule has 0 bridgehead atoms. The molecule has 3 aromatic heterocycles. The molecule has 0 fully saturated rings. The number of hydrogen-bond donors (Lipinski definition) is 0. The molecule has 10 aromatic rings. The zero-order valence-electron chi connectivity index (χ0n) is 24.1. The van der Waals surface area contributed by atoms with Gasteiger partial charge in [-0.2, -0.15) is 0 Å². The van der Waals surface area contributed by atoms with Crippen molar-refractivity contribution in [3.63, 3.8) is 0 Å². The number of rotatable bonds is 3. The average molecular weight is 593 g/mol. The highest BCUT2D eigenvalue weighted by Crippen LogP contribution is 2.44. The predicted octanol–water partition coefficient (Wildman–Crippen LogP) is 11.8. The fourth-order valence-corrected chi connectivity index (χ4v) is 8.00. The summed E-state index contributed by atoms with van der Waals surface area (Å²) in [6, 6.07) is 51.7. The minimum absolute atomic E-state index is 0.884. The molecule has 0 N–H and O–H groups in total. The molecule has 0 aliphatic heterocycles. The third kappa shape index (κ3) is 3.60. The molecule has 4 heteroatoms. The van der Waals surface area contributed by atoms with Crippen LogP contribution in [0.3, 0.4) is 0 Å². The van der Waals surface area contributed by atoms with Gasteiger partial charge in [-0.3, -0.25) is 0 Å². The molecular formula is C41H24N2OS. The predicted molar refractivity (Wildman–Crippen MR) is 190 cm³/mol. The number of nitrogens with zero attached hydrogens (tertiary/aromatic N) is 2. The molecule has 7 aromatic carbocycles. The van der Waals surface area contributed by atoms with Crippen LogP contribution in [0.2, 0.25) is 0 Å². The van der Waals surface area contributed by atoms with Gasteiger partial charge in [0.05, 0.1) is 26.6 Å². The highest BCUT2D eigenvalue weighted by Gasteiger charge is 2.20. The molecule has 0 saturated carbocycles. The van der Waals surface area contributed by atoms with Crippen LogP contribution in [0.5, 0.6) is 0 Å². The van der Waals surface area contributed by atoms with Gasteiger partial charge in [0.25, 0.3) is 0 Å². The summed E-state index contributed by atoms with van der Waals surface area (Å²) in [6.45, 7) is 0. The molecule has 0 radical (unpaired) electrons.